The highest BCUT2D eigenvalue weighted by Crippen LogP contribution is 2.35. The van der Waals surface area contributed by atoms with Gasteiger partial charge in [0.1, 0.15) is 0 Å². The molecule has 2 N–H and O–H groups in total. The Morgan fingerprint density at radius 2 is 1.15 bits per heavy atom. The number of hydrogen-bond donors (Lipinski definition) is 2. The largest absolute Gasteiger partial charge is 0.425 e. The van der Waals surface area contributed by atoms with E-state index in [1.807, 2.05) is 4.68 Å². The van der Waals surface area contributed by atoms with Crippen LogP contribution in [0.3, 0.4) is 0 Å². The summed E-state index contributed by atoms with van der Waals surface area (Å²) >= 11 is 0. The molecular formula is C71H141N11O2. The van der Waals surface area contributed by atoms with Crippen molar-refractivity contribution in [1.82, 2.24) is 55.8 Å². The van der Waals surface area contributed by atoms with Crippen molar-refractivity contribution in [3.05, 3.63) is 35.5 Å². The Hall–Kier alpha value is -2.74. The summed E-state index contributed by atoms with van der Waals surface area (Å²) in [6.07, 6.45) is 26.5. The average Bonchev–Trinajstić information content (AvgIpc) is 3.27. The minimum absolute atomic E-state index is 0.142. The Morgan fingerprint density at radius 3 is 1.69 bits per heavy atom. The molecule has 0 amide bonds. The molecule has 3 atom stereocenters. The summed E-state index contributed by atoms with van der Waals surface area (Å²) in [4.78, 5) is 4.98. The molecule has 13 nitrogen and oxygen atoms in total. The van der Waals surface area contributed by atoms with Gasteiger partial charge in [0, 0.05) is 50.3 Å². The van der Waals surface area contributed by atoms with Crippen LogP contribution in [0, 0.1) is 37.9 Å². The maximum absolute atomic E-state index is 6.10. The normalized spacial score (nSPS) is 15.8. The van der Waals surface area contributed by atoms with E-state index in [1.54, 1.807) is 0 Å². The predicted molar refractivity (Wildman–Crippen MR) is 360 cm³/mol. The highest BCUT2D eigenvalue weighted by Gasteiger charge is 2.34. The fraction of sp³-hybridized carbons (Fsp3) is 0.915. The Balaban J connectivity index is 0.000000563. The SMILES string of the molecule is CC(C)(C)CCCCn1cc(CCCNC(C)(C)C)nn1.CCC(CCCCC(C)(C)C)c1nnc(CC(C)(C)C)o1.CCC(NCC(C)(C)C)c1nnc([C@@H]2CCCN2CC(C)(C)C)o1.CN(CCCCCCCC(C)(C)C)CC(C)(C)C. The predicted octanol–water partition coefficient (Wildman–Crippen LogP) is 19.3. The molecule has 0 spiro atoms. The van der Waals surface area contributed by atoms with Gasteiger partial charge in [-0.1, -0.05) is 209 Å². The molecule has 1 aliphatic rings. The molecule has 0 aromatic carbocycles. The Bertz CT molecular complexity index is 2060. The third-order valence-electron chi connectivity index (χ3n) is 14.7. The quantitative estimate of drug-likeness (QED) is 0.0640. The zero-order chi connectivity index (χ0) is 64.2. The first kappa shape index (κ1) is 79.3. The minimum atomic E-state index is 0.142. The third kappa shape index (κ3) is 43.0. The lowest BCUT2D eigenvalue weighted by molar-refractivity contribution is 0.157. The van der Waals surface area contributed by atoms with Gasteiger partial charge in [-0.05, 0) is 162 Å². The number of aryl methyl sites for hydroxylation is 2. The van der Waals surface area contributed by atoms with Crippen molar-refractivity contribution in [3.63, 3.8) is 0 Å². The van der Waals surface area contributed by atoms with Crippen molar-refractivity contribution in [3.8, 4) is 0 Å². The maximum Gasteiger partial charge on any atom is 0.233 e. The first-order valence-electron chi connectivity index (χ1n) is 33.9. The number of nitrogens with one attached hydrogen (secondary N) is 2. The summed E-state index contributed by atoms with van der Waals surface area (Å²) in [5, 5.41) is 32.8. The molecule has 2 unspecified atom stereocenters. The van der Waals surface area contributed by atoms with Crippen LogP contribution in [0.1, 0.15) is 343 Å². The van der Waals surface area contributed by atoms with Crippen LogP contribution < -0.4 is 10.6 Å². The molecular weight excluding hydrogens is 1040 g/mol. The third-order valence-corrected chi connectivity index (χ3v) is 14.7. The average molecular weight is 1180 g/mol. The Kier molecular flexibility index (Phi) is 35.2. The van der Waals surface area contributed by atoms with Crippen molar-refractivity contribution in [2.24, 2.45) is 37.9 Å². The highest BCUT2D eigenvalue weighted by atomic mass is 16.4. The van der Waals surface area contributed by atoms with Gasteiger partial charge in [-0.2, -0.15) is 0 Å². The molecule has 0 saturated carbocycles. The number of hydrogen-bond acceptors (Lipinski definition) is 12. The van der Waals surface area contributed by atoms with Gasteiger partial charge in [-0.25, -0.2) is 0 Å². The van der Waals surface area contributed by atoms with E-state index in [0.717, 1.165) is 107 Å². The van der Waals surface area contributed by atoms with Gasteiger partial charge < -0.3 is 24.4 Å². The lowest BCUT2D eigenvalue weighted by Gasteiger charge is -2.29. The number of nitrogens with zero attached hydrogens (tertiary/aromatic N) is 9. The summed E-state index contributed by atoms with van der Waals surface area (Å²) < 4.78 is 14.0. The molecule has 492 valence electrons. The van der Waals surface area contributed by atoms with Gasteiger partial charge in [0.2, 0.25) is 23.6 Å². The summed E-state index contributed by atoms with van der Waals surface area (Å²) in [6.45, 7) is 66.5. The summed E-state index contributed by atoms with van der Waals surface area (Å²) in [6, 6.07) is 0.425. The first-order valence-corrected chi connectivity index (χ1v) is 33.9. The van der Waals surface area contributed by atoms with Crippen molar-refractivity contribution >= 4 is 0 Å². The lowest BCUT2D eigenvalue weighted by atomic mass is 9.88. The molecule has 4 rings (SSSR count). The van der Waals surface area contributed by atoms with Crippen LogP contribution in [0.4, 0.5) is 0 Å². The number of likely N-dealkylation sites (tertiary alicyclic amines) is 1. The van der Waals surface area contributed by atoms with Crippen molar-refractivity contribution < 1.29 is 8.83 Å². The molecule has 1 fully saturated rings. The molecule has 4 heterocycles. The van der Waals surface area contributed by atoms with Crippen molar-refractivity contribution in [2.45, 2.75) is 339 Å². The second-order valence-corrected chi connectivity index (χ2v) is 34.9. The minimum Gasteiger partial charge on any atom is -0.425 e. The van der Waals surface area contributed by atoms with Crippen LogP contribution in [0.2, 0.25) is 0 Å². The Morgan fingerprint density at radius 1 is 0.583 bits per heavy atom. The van der Waals surface area contributed by atoms with Gasteiger partial charge in [0.25, 0.3) is 0 Å². The second-order valence-electron chi connectivity index (χ2n) is 34.9. The second kappa shape index (κ2) is 37.3. The van der Waals surface area contributed by atoms with Gasteiger partial charge >= 0.3 is 0 Å². The van der Waals surface area contributed by atoms with E-state index in [4.69, 9.17) is 8.83 Å². The number of aromatic nitrogens is 7. The van der Waals surface area contributed by atoms with Gasteiger partial charge in [-0.3, -0.25) is 9.58 Å². The highest BCUT2D eigenvalue weighted by molar-refractivity contribution is 4.99. The summed E-state index contributed by atoms with van der Waals surface area (Å²) in [7, 11) is 2.25. The standard InChI is InChI=1S/C19H36N4O.C18H34N2O.C17H34N4.C17H37N/c1-8-14(20-12-18(2,3)4)16-21-22-17(24-16)15-10-9-11-23(15)13-19(5,6)7;1-8-14(11-9-10-12-17(2,3)4)16-20-19-15(21-16)13-18(5,6)7;1-16(2,3)11-7-8-13-21-14-15(19-20-21)10-9-12-18-17(4,5)6;1-16(2,3)13-11-9-8-10-12-14-18(7)15-17(4,5)6/h14-15,20H,8-13H2,1-7H3;14H,8-13H2,1-7H3;14,18H,7-13H2,1-6H3;8-15H2,1-7H3/t14?,15-;;;/m0.../s1. The fourth-order valence-corrected chi connectivity index (χ4v) is 10.4. The van der Waals surface area contributed by atoms with Crippen molar-refractivity contribution in [1.29, 1.82) is 0 Å². The van der Waals surface area contributed by atoms with Crippen LogP contribution in [-0.4, -0.2) is 97.0 Å². The van der Waals surface area contributed by atoms with Crippen LogP contribution in [0.15, 0.2) is 15.0 Å². The summed E-state index contributed by atoms with van der Waals surface area (Å²) in [5.74, 6) is 3.58. The number of rotatable bonds is 29. The van der Waals surface area contributed by atoms with Gasteiger partial charge in [-0.15, -0.1) is 25.5 Å². The van der Waals surface area contributed by atoms with E-state index in [0.29, 0.717) is 27.6 Å². The van der Waals surface area contributed by atoms with Gasteiger partial charge in [0.15, 0.2) is 0 Å². The van der Waals surface area contributed by atoms with E-state index in [9.17, 15) is 0 Å². The smallest absolute Gasteiger partial charge is 0.233 e. The molecule has 1 aliphatic heterocycles. The maximum atomic E-state index is 6.10. The van der Waals surface area contributed by atoms with Crippen LogP contribution in [-0.2, 0) is 19.4 Å². The molecule has 0 aliphatic carbocycles. The van der Waals surface area contributed by atoms with E-state index in [2.05, 4.69) is 244 Å². The van der Waals surface area contributed by atoms with E-state index >= 15 is 0 Å². The number of unbranched alkanes of at least 4 members (excludes halogenated alkanes) is 6. The van der Waals surface area contributed by atoms with Crippen LogP contribution in [0.5, 0.6) is 0 Å². The molecule has 0 bridgehead atoms. The van der Waals surface area contributed by atoms with Crippen LogP contribution >= 0.6 is 0 Å². The Labute approximate surface area is 520 Å². The van der Waals surface area contributed by atoms with Gasteiger partial charge in [0.05, 0.1) is 17.8 Å². The van der Waals surface area contributed by atoms with E-state index in [1.165, 1.54) is 96.6 Å². The topological polar surface area (TPSA) is 139 Å². The van der Waals surface area contributed by atoms with E-state index in [-0.39, 0.29) is 33.9 Å². The van der Waals surface area contributed by atoms with E-state index < -0.39 is 0 Å². The zero-order valence-electron chi connectivity index (χ0n) is 60.7. The molecule has 0 radical (unpaired) electrons. The van der Waals surface area contributed by atoms with Crippen LogP contribution in [0.25, 0.3) is 0 Å². The fourth-order valence-electron chi connectivity index (χ4n) is 10.4. The zero-order valence-corrected chi connectivity index (χ0v) is 60.7. The molecule has 84 heavy (non-hydrogen) atoms. The molecule has 13 heteroatoms. The molecule has 1 saturated heterocycles. The lowest BCUT2D eigenvalue weighted by Crippen LogP contribution is -2.36. The van der Waals surface area contributed by atoms with Crippen molar-refractivity contribution in [2.75, 3.05) is 46.3 Å². The first-order chi connectivity index (χ1) is 38.5. The molecule has 3 aromatic rings. The summed E-state index contributed by atoms with van der Waals surface area (Å²) in [5.41, 5.74) is 3.86. The molecule has 3 aromatic heterocycles. The monoisotopic (exact) mass is 1180 g/mol.